The van der Waals surface area contributed by atoms with Crippen LogP contribution in [-0.4, -0.2) is 60.5 Å². The zero-order chi connectivity index (χ0) is 23.3. The summed E-state index contributed by atoms with van der Waals surface area (Å²) in [4.78, 5) is 20.0. The van der Waals surface area contributed by atoms with Gasteiger partial charge in [-0.05, 0) is 36.4 Å². The third-order valence-electron chi connectivity index (χ3n) is 5.50. The van der Waals surface area contributed by atoms with E-state index in [0.29, 0.717) is 34.7 Å². The molecule has 5 rings (SSSR count). The molecule has 1 aliphatic rings. The molecule has 34 heavy (non-hydrogen) atoms. The molecule has 0 bridgehead atoms. The van der Waals surface area contributed by atoms with Crippen molar-refractivity contribution in [3.05, 3.63) is 54.9 Å². The molecule has 0 atom stereocenters. The van der Waals surface area contributed by atoms with Gasteiger partial charge in [0.1, 0.15) is 5.82 Å². The van der Waals surface area contributed by atoms with Crippen LogP contribution in [0.1, 0.15) is 0 Å². The highest BCUT2D eigenvalue weighted by atomic mass is 16.5. The average Bonchev–Trinajstić information content (AvgIpc) is 2.89. The Balaban J connectivity index is 1.50. The number of aromatic nitrogens is 4. The molecule has 4 aromatic rings. The molecule has 0 unspecified atom stereocenters. The van der Waals surface area contributed by atoms with E-state index in [0.717, 1.165) is 43.1 Å². The number of hydrogen-bond acceptors (Lipinski definition) is 10. The van der Waals surface area contributed by atoms with Crippen LogP contribution < -0.4 is 25.0 Å². The molecule has 0 aliphatic carbocycles. The molecular formula is C24H25N7O3. The van der Waals surface area contributed by atoms with E-state index in [1.165, 1.54) is 0 Å². The topological polar surface area (TPSA) is 107 Å². The molecule has 2 aromatic carbocycles. The van der Waals surface area contributed by atoms with Gasteiger partial charge < -0.3 is 24.4 Å². The van der Waals surface area contributed by atoms with Crippen molar-refractivity contribution in [1.29, 1.82) is 0 Å². The van der Waals surface area contributed by atoms with Gasteiger partial charge in [-0.2, -0.15) is 4.98 Å². The number of methoxy groups -OCH3 is 2. The van der Waals surface area contributed by atoms with Gasteiger partial charge in [0.15, 0.2) is 11.5 Å². The lowest BCUT2D eigenvalue weighted by Crippen LogP contribution is -2.36. The van der Waals surface area contributed by atoms with E-state index in [1.807, 2.05) is 24.3 Å². The minimum absolute atomic E-state index is 0.360. The Hall–Kier alpha value is -4.18. The largest absolute Gasteiger partial charge is 0.493 e. The highest BCUT2D eigenvalue weighted by Gasteiger charge is 2.15. The van der Waals surface area contributed by atoms with Crippen molar-refractivity contribution in [3.8, 4) is 11.5 Å². The number of anilines is 5. The van der Waals surface area contributed by atoms with Gasteiger partial charge >= 0.3 is 0 Å². The minimum atomic E-state index is 0.360. The molecular weight excluding hydrogens is 434 g/mol. The van der Waals surface area contributed by atoms with E-state index < -0.39 is 0 Å². The molecule has 3 heterocycles. The number of hydrogen-bond donors (Lipinski definition) is 2. The fraction of sp³-hybridized carbons (Fsp3) is 0.250. The van der Waals surface area contributed by atoms with Crippen LogP contribution in [0, 0.1) is 0 Å². The van der Waals surface area contributed by atoms with E-state index in [2.05, 4.69) is 42.6 Å². The number of nitrogens with one attached hydrogen (secondary N) is 2. The van der Waals surface area contributed by atoms with Crippen molar-refractivity contribution in [2.45, 2.75) is 0 Å². The van der Waals surface area contributed by atoms with E-state index in [9.17, 15) is 0 Å². The molecule has 10 heteroatoms. The normalized spacial score (nSPS) is 13.5. The number of fused-ring (bicyclic) bond motifs is 1. The average molecular weight is 460 g/mol. The summed E-state index contributed by atoms with van der Waals surface area (Å²) in [6.45, 7) is 3.28. The third-order valence-corrected chi connectivity index (χ3v) is 5.50. The third kappa shape index (κ3) is 4.62. The standard InChI is InChI=1S/C24H25N7O3/c1-32-20-14-18-19(15-21(20)33-2)28-24(30-23-25-8-3-9-26-23)29-22(18)27-16-4-6-17(7-5-16)31-10-12-34-13-11-31/h3-9,14-15H,10-13H2,1-2H3,(H2,25,26,27,28,29,30). The zero-order valence-corrected chi connectivity index (χ0v) is 19.0. The Morgan fingerprint density at radius 2 is 1.56 bits per heavy atom. The second kappa shape index (κ2) is 9.75. The number of rotatable bonds is 7. The summed E-state index contributed by atoms with van der Waals surface area (Å²) in [7, 11) is 3.20. The number of nitrogens with zero attached hydrogens (tertiary/aromatic N) is 5. The SMILES string of the molecule is COc1cc2nc(Nc3ncccn3)nc(Nc3ccc(N4CCOCC4)cc3)c2cc1OC. The van der Waals surface area contributed by atoms with Gasteiger partial charge in [-0.15, -0.1) is 0 Å². The number of benzene rings is 2. The predicted molar refractivity (Wildman–Crippen MR) is 131 cm³/mol. The van der Waals surface area contributed by atoms with Crippen LogP contribution in [0.3, 0.4) is 0 Å². The molecule has 0 spiro atoms. The first kappa shape index (κ1) is 21.7. The highest BCUT2D eigenvalue weighted by molar-refractivity contribution is 5.94. The highest BCUT2D eigenvalue weighted by Crippen LogP contribution is 2.36. The summed E-state index contributed by atoms with van der Waals surface area (Å²) < 4.78 is 16.4. The Bertz CT molecular complexity index is 1260. The van der Waals surface area contributed by atoms with Crippen molar-refractivity contribution in [1.82, 2.24) is 19.9 Å². The molecule has 174 valence electrons. The van der Waals surface area contributed by atoms with E-state index >= 15 is 0 Å². The van der Waals surface area contributed by atoms with Crippen LogP contribution in [0.4, 0.5) is 29.1 Å². The van der Waals surface area contributed by atoms with Crippen molar-refractivity contribution in [2.24, 2.45) is 0 Å². The van der Waals surface area contributed by atoms with Gasteiger partial charge in [0.2, 0.25) is 11.9 Å². The second-order valence-corrected chi connectivity index (χ2v) is 7.59. The second-order valence-electron chi connectivity index (χ2n) is 7.59. The molecule has 0 radical (unpaired) electrons. The Morgan fingerprint density at radius 1 is 0.853 bits per heavy atom. The number of ether oxygens (including phenoxy) is 3. The van der Waals surface area contributed by atoms with Crippen LogP contribution in [0.5, 0.6) is 11.5 Å². The molecule has 2 N–H and O–H groups in total. The summed E-state index contributed by atoms with van der Waals surface area (Å²) in [6, 6.07) is 13.7. The lowest BCUT2D eigenvalue weighted by Gasteiger charge is -2.28. The zero-order valence-electron chi connectivity index (χ0n) is 19.0. The molecule has 0 amide bonds. The number of morpholine rings is 1. The smallest absolute Gasteiger partial charge is 0.232 e. The molecule has 1 aliphatic heterocycles. The molecule has 2 aromatic heterocycles. The van der Waals surface area contributed by atoms with Crippen molar-refractivity contribution < 1.29 is 14.2 Å². The van der Waals surface area contributed by atoms with Gasteiger partial charge in [-0.3, -0.25) is 5.32 Å². The first-order valence-corrected chi connectivity index (χ1v) is 10.9. The lowest BCUT2D eigenvalue weighted by molar-refractivity contribution is 0.122. The maximum absolute atomic E-state index is 5.50. The quantitative estimate of drug-likeness (QED) is 0.424. The van der Waals surface area contributed by atoms with Gasteiger partial charge in [0.25, 0.3) is 0 Å². The van der Waals surface area contributed by atoms with Crippen LogP contribution in [-0.2, 0) is 4.74 Å². The summed E-state index contributed by atoms with van der Waals surface area (Å²) in [5.74, 6) is 2.55. The van der Waals surface area contributed by atoms with E-state index in [4.69, 9.17) is 19.2 Å². The van der Waals surface area contributed by atoms with Crippen molar-refractivity contribution in [2.75, 3.05) is 56.1 Å². The monoisotopic (exact) mass is 459 g/mol. The van der Waals surface area contributed by atoms with Crippen molar-refractivity contribution >= 4 is 40.0 Å². The summed E-state index contributed by atoms with van der Waals surface area (Å²) in [5.41, 5.74) is 2.74. The Morgan fingerprint density at radius 3 is 2.26 bits per heavy atom. The fourth-order valence-electron chi connectivity index (χ4n) is 3.78. The van der Waals surface area contributed by atoms with Crippen LogP contribution in [0.2, 0.25) is 0 Å². The van der Waals surface area contributed by atoms with Crippen LogP contribution in [0.15, 0.2) is 54.9 Å². The summed E-state index contributed by atoms with van der Waals surface area (Å²) in [5, 5.41) is 7.27. The van der Waals surface area contributed by atoms with Gasteiger partial charge in [-0.25, -0.2) is 15.0 Å². The fourth-order valence-corrected chi connectivity index (χ4v) is 3.78. The Labute approximate surface area is 196 Å². The Kier molecular flexibility index (Phi) is 6.21. The molecule has 0 saturated carbocycles. The predicted octanol–water partition coefficient (Wildman–Crippen LogP) is 3.76. The van der Waals surface area contributed by atoms with Gasteiger partial charge in [0, 0.05) is 48.3 Å². The summed E-state index contributed by atoms with van der Waals surface area (Å²) in [6.07, 6.45) is 3.30. The molecule has 1 fully saturated rings. The van der Waals surface area contributed by atoms with E-state index in [1.54, 1.807) is 32.7 Å². The summed E-state index contributed by atoms with van der Waals surface area (Å²) >= 11 is 0. The first-order chi connectivity index (χ1) is 16.7. The van der Waals surface area contributed by atoms with Gasteiger partial charge in [-0.1, -0.05) is 0 Å². The van der Waals surface area contributed by atoms with Gasteiger partial charge in [0.05, 0.1) is 33.0 Å². The minimum Gasteiger partial charge on any atom is -0.493 e. The molecule has 10 nitrogen and oxygen atoms in total. The van der Waals surface area contributed by atoms with Crippen LogP contribution >= 0.6 is 0 Å². The maximum atomic E-state index is 5.50. The lowest BCUT2D eigenvalue weighted by atomic mass is 10.2. The van der Waals surface area contributed by atoms with E-state index in [-0.39, 0.29) is 0 Å². The van der Waals surface area contributed by atoms with Crippen molar-refractivity contribution in [3.63, 3.8) is 0 Å². The maximum Gasteiger partial charge on any atom is 0.232 e. The molecule has 1 saturated heterocycles. The first-order valence-electron chi connectivity index (χ1n) is 10.9. The van der Waals surface area contributed by atoms with Crippen LogP contribution in [0.25, 0.3) is 10.9 Å².